The zero-order valence-corrected chi connectivity index (χ0v) is 17.1. The highest BCUT2D eigenvalue weighted by atomic mass is 32.2. The van der Waals surface area contributed by atoms with Crippen LogP contribution in [0.2, 0.25) is 0 Å². The van der Waals surface area contributed by atoms with Crippen molar-refractivity contribution in [2.75, 3.05) is 19.4 Å². The molecule has 2 aromatic heterocycles. The summed E-state index contributed by atoms with van der Waals surface area (Å²) >= 11 is 1.53. The summed E-state index contributed by atoms with van der Waals surface area (Å²) in [7, 11) is -0.509. The lowest BCUT2D eigenvalue weighted by molar-refractivity contribution is -0.116. The maximum absolute atomic E-state index is 12.3. The fourth-order valence-electron chi connectivity index (χ4n) is 2.86. The molecule has 0 spiro atoms. The second-order valence-corrected chi connectivity index (χ2v) is 9.20. The molecular weight excluding hydrogens is 384 g/mol. The minimum Gasteiger partial charge on any atom is -0.328 e. The number of thiophene rings is 1. The third kappa shape index (κ3) is 4.05. The van der Waals surface area contributed by atoms with Gasteiger partial charge in [0.25, 0.3) is 0 Å². The summed E-state index contributed by atoms with van der Waals surface area (Å²) in [6.07, 6.45) is 0.788. The maximum atomic E-state index is 12.3. The predicted molar refractivity (Wildman–Crippen MR) is 108 cm³/mol. The van der Waals surface area contributed by atoms with Crippen molar-refractivity contribution in [2.24, 2.45) is 0 Å². The summed E-state index contributed by atoms with van der Waals surface area (Å²) in [5.41, 5.74) is 2.28. The van der Waals surface area contributed by atoms with E-state index in [1.165, 1.54) is 29.7 Å². The Morgan fingerprint density at radius 2 is 2.07 bits per heavy atom. The van der Waals surface area contributed by atoms with E-state index in [2.05, 4.69) is 10.3 Å². The van der Waals surface area contributed by atoms with Crippen molar-refractivity contribution in [3.05, 3.63) is 40.8 Å². The smallest absolute Gasteiger partial charge is 0.242 e. The van der Waals surface area contributed by atoms with E-state index in [0.717, 1.165) is 17.0 Å². The number of carbonyl (C=O) groups excluding carboxylic acids is 1. The highest BCUT2D eigenvalue weighted by Crippen LogP contribution is 2.23. The first-order valence-electron chi connectivity index (χ1n) is 8.56. The lowest BCUT2D eigenvalue weighted by Gasteiger charge is -2.11. The van der Waals surface area contributed by atoms with E-state index in [9.17, 15) is 13.2 Å². The van der Waals surface area contributed by atoms with Crippen molar-refractivity contribution in [3.63, 3.8) is 0 Å². The second kappa shape index (κ2) is 7.79. The molecule has 1 aromatic carbocycles. The molecule has 0 saturated carbocycles. The molecule has 7 nitrogen and oxygen atoms in total. The summed E-state index contributed by atoms with van der Waals surface area (Å²) in [4.78, 5) is 16.9. The van der Waals surface area contributed by atoms with Gasteiger partial charge in [-0.25, -0.2) is 17.7 Å². The zero-order valence-electron chi connectivity index (χ0n) is 15.5. The van der Waals surface area contributed by atoms with E-state index in [1.54, 1.807) is 18.2 Å². The molecule has 0 fully saturated rings. The van der Waals surface area contributed by atoms with Crippen LogP contribution >= 0.6 is 11.3 Å². The summed E-state index contributed by atoms with van der Waals surface area (Å²) in [6, 6.07) is 6.82. The van der Waals surface area contributed by atoms with Crippen LogP contribution in [0.4, 0.5) is 5.69 Å². The SMILES string of the molecule is CCn1c(CCC(=O)Nc2ccsc2)nc2cc(S(=O)(=O)N(C)C)ccc21. The number of imidazole rings is 1. The molecular formula is C18H22N4O3S2. The van der Waals surface area contributed by atoms with Gasteiger partial charge in [0.05, 0.1) is 21.6 Å². The number of nitrogens with zero attached hydrogens (tertiary/aromatic N) is 3. The largest absolute Gasteiger partial charge is 0.328 e. The van der Waals surface area contributed by atoms with Crippen molar-refractivity contribution < 1.29 is 13.2 Å². The van der Waals surface area contributed by atoms with E-state index >= 15 is 0 Å². The lowest BCUT2D eigenvalue weighted by Crippen LogP contribution is -2.22. The summed E-state index contributed by atoms with van der Waals surface area (Å²) in [5.74, 6) is 0.700. The molecule has 0 radical (unpaired) electrons. The van der Waals surface area contributed by atoms with Crippen LogP contribution in [0, 0.1) is 0 Å². The lowest BCUT2D eigenvalue weighted by atomic mass is 10.2. The number of rotatable bonds is 7. The number of amides is 1. The molecule has 0 bridgehead atoms. The Hall–Kier alpha value is -2.23. The average molecular weight is 407 g/mol. The summed E-state index contributed by atoms with van der Waals surface area (Å²) in [6.45, 7) is 2.69. The highest BCUT2D eigenvalue weighted by Gasteiger charge is 2.19. The van der Waals surface area contributed by atoms with Gasteiger partial charge in [0.1, 0.15) is 5.82 Å². The van der Waals surface area contributed by atoms with Gasteiger partial charge in [0.2, 0.25) is 15.9 Å². The first kappa shape index (κ1) is 19.5. The Balaban J connectivity index is 1.84. The molecule has 2 heterocycles. The number of aromatic nitrogens is 2. The van der Waals surface area contributed by atoms with Crippen molar-refractivity contribution in [1.29, 1.82) is 0 Å². The number of sulfonamides is 1. The molecule has 27 heavy (non-hydrogen) atoms. The Labute approximate surface area is 162 Å². The summed E-state index contributed by atoms with van der Waals surface area (Å²) < 4.78 is 27.9. The van der Waals surface area contributed by atoms with E-state index in [0.29, 0.717) is 24.9 Å². The van der Waals surface area contributed by atoms with Gasteiger partial charge in [-0.1, -0.05) is 0 Å². The number of anilines is 1. The van der Waals surface area contributed by atoms with Crippen molar-refractivity contribution in [3.8, 4) is 0 Å². The van der Waals surface area contributed by atoms with E-state index < -0.39 is 10.0 Å². The number of hydrogen-bond donors (Lipinski definition) is 1. The van der Waals surface area contributed by atoms with Gasteiger partial charge in [-0.3, -0.25) is 4.79 Å². The molecule has 3 aromatic rings. The third-order valence-corrected chi connectivity index (χ3v) is 6.77. The van der Waals surface area contributed by atoms with E-state index in [1.807, 2.05) is 28.3 Å². The Bertz CT molecular complexity index is 1050. The van der Waals surface area contributed by atoms with E-state index in [4.69, 9.17) is 0 Å². The van der Waals surface area contributed by atoms with Crippen LogP contribution in [-0.2, 0) is 27.8 Å². The van der Waals surface area contributed by atoms with Crippen molar-refractivity contribution in [1.82, 2.24) is 13.9 Å². The first-order valence-corrected chi connectivity index (χ1v) is 10.9. The maximum Gasteiger partial charge on any atom is 0.242 e. The molecule has 0 unspecified atom stereocenters. The number of aryl methyl sites for hydroxylation is 2. The number of fused-ring (bicyclic) bond motifs is 1. The van der Waals surface area contributed by atoms with Gasteiger partial charge in [-0.05, 0) is 36.6 Å². The molecule has 0 atom stereocenters. The fourth-order valence-corrected chi connectivity index (χ4v) is 4.37. The molecule has 0 aliphatic rings. The van der Waals surface area contributed by atoms with Gasteiger partial charge in [0.15, 0.2) is 0 Å². The van der Waals surface area contributed by atoms with E-state index in [-0.39, 0.29) is 10.8 Å². The fraction of sp³-hybridized carbons (Fsp3) is 0.333. The molecule has 9 heteroatoms. The quantitative estimate of drug-likeness (QED) is 0.654. The van der Waals surface area contributed by atoms with Crippen LogP contribution in [0.15, 0.2) is 39.9 Å². The van der Waals surface area contributed by atoms with Crippen LogP contribution in [0.1, 0.15) is 19.2 Å². The van der Waals surface area contributed by atoms with Gasteiger partial charge < -0.3 is 9.88 Å². The average Bonchev–Trinajstić information content (AvgIpc) is 3.25. The second-order valence-electron chi connectivity index (χ2n) is 6.27. The van der Waals surface area contributed by atoms with Gasteiger partial charge in [0, 0.05) is 38.9 Å². The minimum atomic E-state index is -3.51. The van der Waals surface area contributed by atoms with Crippen LogP contribution in [0.5, 0.6) is 0 Å². The molecule has 144 valence electrons. The predicted octanol–water partition coefficient (Wildman–Crippen LogP) is 2.94. The number of benzene rings is 1. The zero-order chi connectivity index (χ0) is 19.6. The Morgan fingerprint density at radius 3 is 2.70 bits per heavy atom. The third-order valence-electron chi connectivity index (χ3n) is 4.27. The van der Waals surface area contributed by atoms with Crippen molar-refractivity contribution in [2.45, 2.75) is 31.2 Å². The van der Waals surface area contributed by atoms with Crippen LogP contribution < -0.4 is 5.32 Å². The summed E-state index contributed by atoms with van der Waals surface area (Å²) in [5, 5.41) is 6.64. The normalized spacial score (nSPS) is 12.0. The standard InChI is InChI=1S/C18H22N4O3S2/c1-4-22-16-6-5-14(27(24,25)21(2)3)11-15(16)20-17(22)7-8-18(23)19-13-9-10-26-12-13/h5-6,9-12H,4,7-8H2,1-3H3,(H,19,23). The molecule has 0 aliphatic heterocycles. The van der Waals surface area contributed by atoms with Crippen LogP contribution in [0.25, 0.3) is 11.0 Å². The van der Waals surface area contributed by atoms with Crippen LogP contribution in [0.3, 0.4) is 0 Å². The number of nitrogens with one attached hydrogen (secondary N) is 1. The van der Waals surface area contributed by atoms with Gasteiger partial charge in [-0.15, -0.1) is 0 Å². The molecule has 3 rings (SSSR count). The van der Waals surface area contributed by atoms with Crippen molar-refractivity contribution >= 4 is 44.0 Å². The van der Waals surface area contributed by atoms with Gasteiger partial charge >= 0.3 is 0 Å². The number of hydrogen-bond acceptors (Lipinski definition) is 5. The van der Waals surface area contributed by atoms with Gasteiger partial charge in [-0.2, -0.15) is 11.3 Å². The minimum absolute atomic E-state index is 0.0704. The Kier molecular flexibility index (Phi) is 5.64. The number of carbonyl (C=O) groups is 1. The highest BCUT2D eigenvalue weighted by molar-refractivity contribution is 7.89. The first-order chi connectivity index (χ1) is 12.8. The molecule has 1 amide bonds. The monoisotopic (exact) mass is 406 g/mol. The molecule has 0 aliphatic carbocycles. The molecule has 1 N–H and O–H groups in total. The molecule has 0 saturated heterocycles. The topological polar surface area (TPSA) is 84.3 Å². The van der Waals surface area contributed by atoms with Crippen LogP contribution in [-0.4, -0.2) is 42.3 Å². The Morgan fingerprint density at radius 1 is 1.30 bits per heavy atom.